The van der Waals surface area contributed by atoms with Crippen molar-refractivity contribution >= 4 is 21.5 Å². The number of benzene rings is 1. The van der Waals surface area contributed by atoms with Crippen LogP contribution < -0.4 is 19.3 Å². The second-order valence-corrected chi connectivity index (χ2v) is 14.4. The van der Waals surface area contributed by atoms with Crippen LogP contribution in [0.4, 0.5) is 11.5 Å². The summed E-state index contributed by atoms with van der Waals surface area (Å²) in [7, 11) is -2.13. The van der Waals surface area contributed by atoms with Crippen molar-refractivity contribution in [3.8, 4) is 11.8 Å². The number of pyridine rings is 1. The molecule has 2 aromatic heterocycles. The molecule has 3 aliphatic rings. The molecule has 0 bridgehead atoms. The average Bonchev–Trinajstić information content (AvgIpc) is 3.05. The summed E-state index contributed by atoms with van der Waals surface area (Å²) in [5, 5.41) is 0. The number of hydrogen-bond donors (Lipinski definition) is 0. The molecular formula is C33H44N6O4S. The summed E-state index contributed by atoms with van der Waals surface area (Å²) in [6.45, 7) is 8.42. The van der Waals surface area contributed by atoms with Crippen molar-refractivity contribution in [2.24, 2.45) is 5.41 Å². The predicted octanol–water partition coefficient (Wildman–Crippen LogP) is 5.01. The largest absolute Gasteiger partial charge is 0.497 e. The van der Waals surface area contributed by atoms with Crippen molar-refractivity contribution in [1.29, 1.82) is 0 Å². The van der Waals surface area contributed by atoms with Gasteiger partial charge in [0.15, 0.2) is 0 Å². The van der Waals surface area contributed by atoms with Gasteiger partial charge in [-0.25, -0.2) is 13.4 Å². The Labute approximate surface area is 261 Å². The molecule has 1 atom stereocenters. The van der Waals surface area contributed by atoms with Crippen LogP contribution >= 0.6 is 0 Å². The number of anilines is 2. The summed E-state index contributed by atoms with van der Waals surface area (Å²) in [6, 6.07) is 9.73. The Morgan fingerprint density at radius 3 is 2.20 bits per heavy atom. The van der Waals surface area contributed by atoms with E-state index in [2.05, 4.69) is 31.9 Å². The van der Waals surface area contributed by atoms with Gasteiger partial charge in [0.25, 0.3) is 0 Å². The molecule has 0 unspecified atom stereocenters. The first-order valence-corrected chi connectivity index (χ1v) is 17.2. The standard InChI is InChI=1S/C33H44N6O4S/c1-25-22-29(42-3)23-26(2)31(25)44(40,41)39-17-5-4-6-28(39)24-43-32-35-16-9-30(36-32)38-20-12-33(13-21-38)10-18-37(19-11-33)27-7-14-34-15-8-27/h7-9,14-16,22-23,28H,4-6,10-13,17-21,24H2,1-3H3/t28-/m0/s1. The van der Waals surface area contributed by atoms with Crippen molar-refractivity contribution in [2.75, 3.05) is 56.2 Å². The number of piperidine rings is 3. The zero-order valence-corrected chi connectivity index (χ0v) is 26.9. The van der Waals surface area contributed by atoms with Gasteiger partial charge < -0.3 is 19.3 Å². The number of nitrogens with zero attached hydrogens (tertiary/aromatic N) is 6. The lowest BCUT2D eigenvalue weighted by molar-refractivity contribution is 0.159. The molecule has 0 saturated carbocycles. The fourth-order valence-electron chi connectivity index (χ4n) is 7.26. The third-order valence-electron chi connectivity index (χ3n) is 9.83. The van der Waals surface area contributed by atoms with Gasteiger partial charge in [-0.1, -0.05) is 6.42 Å². The molecule has 0 amide bonds. The van der Waals surface area contributed by atoms with E-state index in [0.29, 0.717) is 39.7 Å². The molecule has 3 aliphatic heterocycles. The summed E-state index contributed by atoms with van der Waals surface area (Å²) in [5.74, 6) is 1.53. The molecule has 5 heterocycles. The Kier molecular flexibility index (Phi) is 8.96. The summed E-state index contributed by atoms with van der Waals surface area (Å²) in [4.78, 5) is 18.5. The van der Waals surface area contributed by atoms with Gasteiger partial charge in [-0.05, 0) is 99.2 Å². The van der Waals surface area contributed by atoms with Gasteiger partial charge in [0.2, 0.25) is 10.0 Å². The van der Waals surface area contributed by atoms with E-state index in [9.17, 15) is 8.42 Å². The summed E-state index contributed by atoms with van der Waals surface area (Å²) in [5.41, 5.74) is 3.03. The maximum Gasteiger partial charge on any atom is 0.318 e. The Hall–Kier alpha value is -3.44. The van der Waals surface area contributed by atoms with E-state index < -0.39 is 10.0 Å². The normalized spacial score (nSPS) is 20.9. The van der Waals surface area contributed by atoms with Crippen LogP contribution in [0.3, 0.4) is 0 Å². The molecule has 44 heavy (non-hydrogen) atoms. The van der Waals surface area contributed by atoms with Gasteiger partial charge in [0.05, 0.1) is 18.0 Å². The minimum Gasteiger partial charge on any atom is -0.497 e. The van der Waals surface area contributed by atoms with Crippen molar-refractivity contribution in [1.82, 2.24) is 19.3 Å². The molecule has 3 fully saturated rings. The average molecular weight is 621 g/mol. The van der Waals surface area contributed by atoms with E-state index >= 15 is 0 Å². The van der Waals surface area contributed by atoms with Gasteiger partial charge in [0.1, 0.15) is 18.2 Å². The number of sulfonamides is 1. The van der Waals surface area contributed by atoms with Gasteiger partial charge in [0, 0.05) is 57.0 Å². The van der Waals surface area contributed by atoms with Crippen LogP contribution in [0.1, 0.15) is 56.1 Å². The van der Waals surface area contributed by atoms with E-state index in [1.807, 2.05) is 32.3 Å². The van der Waals surface area contributed by atoms with E-state index in [1.165, 1.54) is 18.5 Å². The van der Waals surface area contributed by atoms with E-state index in [0.717, 1.165) is 64.1 Å². The summed E-state index contributed by atoms with van der Waals surface area (Å²) < 4.78 is 40.9. The second kappa shape index (κ2) is 12.9. The highest BCUT2D eigenvalue weighted by molar-refractivity contribution is 7.89. The first-order valence-electron chi connectivity index (χ1n) is 15.8. The molecule has 236 valence electrons. The van der Waals surface area contributed by atoms with Crippen LogP contribution in [0.25, 0.3) is 0 Å². The molecule has 0 N–H and O–H groups in total. The highest BCUT2D eigenvalue weighted by atomic mass is 32.2. The monoisotopic (exact) mass is 620 g/mol. The van der Waals surface area contributed by atoms with Crippen molar-refractivity contribution in [3.63, 3.8) is 0 Å². The zero-order chi connectivity index (χ0) is 30.7. The molecule has 3 aromatic rings. The van der Waals surface area contributed by atoms with Crippen LogP contribution in [0, 0.1) is 19.3 Å². The molecule has 0 aliphatic carbocycles. The zero-order valence-electron chi connectivity index (χ0n) is 26.1. The fraction of sp³-hybridized carbons (Fsp3) is 0.545. The molecule has 11 heteroatoms. The lowest BCUT2D eigenvalue weighted by atomic mass is 9.71. The summed E-state index contributed by atoms with van der Waals surface area (Å²) >= 11 is 0. The smallest absolute Gasteiger partial charge is 0.318 e. The molecule has 3 saturated heterocycles. The van der Waals surface area contributed by atoms with Gasteiger partial charge >= 0.3 is 6.01 Å². The predicted molar refractivity (Wildman–Crippen MR) is 171 cm³/mol. The SMILES string of the molecule is COc1cc(C)c(S(=O)(=O)N2CCCC[C@H]2COc2nccc(N3CCC4(CCN(c5ccncc5)CC4)CC3)n2)c(C)c1. The lowest BCUT2D eigenvalue weighted by Crippen LogP contribution is -2.47. The Balaban J connectivity index is 1.07. The third kappa shape index (κ3) is 6.35. The first kappa shape index (κ1) is 30.6. The third-order valence-corrected chi connectivity index (χ3v) is 12.1. The Bertz CT molecular complexity index is 1510. The minimum atomic E-state index is -3.72. The maximum atomic E-state index is 13.9. The van der Waals surface area contributed by atoms with Crippen molar-refractivity contribution in [3.05, 3.63) is 60.0 Å². The van der Waals surface area contributed by atoms with E-state index in [4.69, 9.17) is 14.5 Å². The molecule has 1 aromatic carbocycles. The van der Waals surface area contributed by atoms with Crippen LogP contribution in [0.15, 0.2) is 53.8 Å². The highest BCUT2D eigenvalue weighted by Crippen LogP contribution is 2.43. The first-order chi connectivity index (χ1) is 21.3. The molecule has 1 spiro atoms. The van der Waals surface area contributed by atoms with Crippen molar-refractivity contribution in [2.45, 2.75) is 69.7 Å². The van der Waals surface area contributed by atoms with E-state index in [-0.39, 0.29) is 12.6 Å². The van der Waals surface area contributed by atoms with Crippen molar-refractivity contribution < 1.29 is 17.9 Å². The maximum absolute atomic E-state index is 13.9. The minimum absolute atomic E-state index is 0.216. The number of ether oxygens (including phenoxy) is 2. The Morgan fingerprint density at radius 2 is 1.55 bits per heavy atom. The summed E-state index contributed by atoms with van der Waals surface area (Å²) in [6.07, 6.45) is 12.7. The van der Waals surface area contributed by atoms with Crippen LogP contribution in [0.2, 0.25) is 0 Å². The van der Waals surface area contributed by atoms with Crippen LogP contribution in [0.5, 0.6) is 11.8 Å². The number of hydrogen-bond acceptors (Lipinski definition) is 9. The lowest BCUT2D eigenvalue weighted by Gasteiger charge is -2.47. The van der Waals surface area contributed by atoms with Gasteiger partial charge in [-0.2, -0.15) is 9.29 Å². The van der Waals surface area contributed by atoms with Crippen LogP contribution in [-0.4, -0.2) is 80.2 Å². The number of rotatable bonds is 8. The highest BCUT2D eigenvalue weighted by Gasteiger charge is 2.39. The van der Waals surface area contributed by atoms with Gasteiger partial charge in [-0.3, -0.25) is 4.98 Å². The number of aryl methyl sites for hydroxylation is 2. The second-order valence-electron chi connectivity index (χ2n) is 12.5. The molecule has 0 radical (unpaired) electrons. The molecule has 6 rings (SSSR count). The fourth-order valence-corrected chi connectivity index (χ4v) is 9.36. The quantitative estimate of drug-likeness (QED) is 0.344. The van der Waals surface area contributed by atoms with Crippen LogP contribution in [-0.2, 0) is 10.0 Å². The number of methoxy groups -OCH3 is 1. The topological polar surface area (TPSA) is 101 Å². The van der Waals surface area contributed by atoms with Gasteiger partial charge in [-0.15, -0.1) is 0 Å². The Morgan fingerprint density at radius 1 is 0.886 bits per heavy atom. The molecular weight excluding hydrogens is 576 g/mol. The molecule has 10 nitrogen and oxygen atoms in total. The number of aromatic nitrogens is 3. The van der Waals surface area contributed by atoms with E-state index in [1.54, 1.807) is 29.7 Å².